The normalized spacial score (nSPS) is 16.3. The molecule has 1 heterocycles. The van der Waals surface area contributed by atoms with Gasteiger partial charge < -0.3 is 14.6 Å². The number of pyridine rings is 1. The number of aromatic nitrogens is 1. The van der Waals surface area contributed by atoms with Crippen LogP contribution in [0, 0.1) is 0 Å². The van der Waals surface area contributed by atoms with Gasteiger partial charge in [0.05, 0.1) is 12.1 Å². The zero-order chi connectivity index (χ0) is 21.8. The first-order chi connectivity index (χ1) is 12.6. The molecule has 1 aliphatic carbocycles. The third-order valence-corrected chi connectivity index (χ3v) is 3.13. The van der Waals surface area contributed by atoms with Gasteiger partial charge in [-0.2, -0.15) is 13.2 Å². The number of hydrogen-bond acceptors (Lipinski definition) is 5. The maximum Gasteiger partial charge on any atom is 0.490 e. The number of carbonyl (C=O) groups is 2. The lowest BCUT2D eigenvalue weighted by Gasteiger charge is -2.34. The van der Waals surface area contributed by atoms with E-state index in [0.29, 0.717) is 11.4 Å². The summed E-state index contributed by atoms with van der Waals surface area (Å²) >= 11 is 0. The van der Waals surface area contributed by atoms with Crippen molar-refractivity contribution in [2.45, 2.75) is 63.8 Å². The molecule has 1 saturated carbocycles. The first-order valence-electron chi connectivity index (χ1n) is 8.09. The second-order valence-electron chi connectivity index (χ2n) is 7.05. The molecule has 158 valence electrons. The fourth-order valence-corrected chi connectivity index (χ4v) is 2.03. The van der Waals surface area contributed by atoms with Crippen LogP contribution in [-0.2, 0) is 20.7 Å². The van der Waals surface area contributed by atoms with E-state index in [1.807, 2.05) is 0 Å². The van der Waals surface area contributed by atoms with Crippen LogP contribution in [0.5, 0.6) is 5.75 Å². The molecule has 0 aliphatic heterocycles. The van der Waals surface area contributed by atoms with Gasteiger partial charge in [0.15, 0.2) is 0 Å². The van der Waals surface area contributed by atoms with Crippen molar-refractivity contribution < 1.29 is 46.1 Å². The quantitative estimate of drug-likeness (QED) is 0.597. The van der Waals surface area contributed by atoms with Crippen molar-refractivity contribution in [3.05, 3.63) is 24.0 Å². The number of aliphatic carboxylic acids is 1. The third-order valence-electron chi connectivity index (χ3n) is 3.13. The minimum absolute atomic E-state index is 0.0231. The Morgan fingerprint density at radius 1 is 1.25 bits per heavy atom. The van der Waals surface area contributed by atoms with Crippen molar-refractivity contribution >= 4 is 11.9 Å². The number of ether oxygens (including phenoxy) is 2. The van der Waals surface area contributed by atoms with Crippen LogP contribution in [0.2, 0.25) is 0 Å². The van der Waals surface area contributed by atoms with Crippen molar-refractivity contribution in [2.24, 2.45) is 0 Å². The number of esters is 1. The molecule has 0 bridgehead atoms. The van der Waals surface area contributed by atoms with Crippen LogP contribution >= 0.6 is 0 Å². The van der Waals surface area contributed by atoms with Crippen LogP contribution in [0.1, 0.15) is 39.3 Å². The van der Waals surface area contributed by atoms with Crippen molar-refractivity contribution in [1.29, 1.82) is 0 Å². The summed E-state index contributed by atoms with van der Waals surface area (Å²) in [6, 6.07) is 3.18. The summed E-state index contributed by atoms with van der Waals surface area (Å²) < 4.78 is 67.9. The van der Waals surface area contributed by atoms with E-state index in [0.717, 1.165) is 0 Å². The van der Waals surface area contributed by atoms with Crippen LogP contribution in [0.3, 0.4) is 0 Å². The first kappa shape index (κ1) is 23.6. The lowest BCUT2D eigenvalue weighted by Crippen LogP contribution is -2.43. The van der Waals surface area contributed by atoms with Crippen molar-refractivity contribution in [3.8, 4) is 5.75 Å². The standard InChI is InChI=1S/C15H19F2NO3.C2HF3O2/c1-14(2,3)21-13(19)7-10-6-11(4-5-18-10)20-12-8-15(16,17)9-12;3-2(4,5)1(6)7/h4-6,12H,7-9H2,1-3H3;(H,6,7). The molecule has 1 aromatic heterocycles. The zero-order valence-corrected chi connectivity index (χ0v) is 15.3. The van der Waals surface area contributed by atoms with E-state index in [1.54, 1.807) is 32.9 Å². The molecule has 0 aromatic carbocycles. The molecule has 0 unspecified atom stereocenters. The Hall–Kier alpha value is -2.46. The Balaban J connectivity index is 0.000000480. The highest BCUT2D eigenvalue weighted by atomic mass is 19.4. The van der Waals surface area contributed by atoms with E-state index in [2.05, 4.69) is 4.98 Å². The molecule has 0 amide bonds. The topological polar surface area (TPSA) is 85.7 Å². The highest BCUT2D eigenvalue weighted by Crippen LogP contribution is 2.39. The smallest absolute Gasteiger partial charge is 0.490 e. The molecule has 1 aliphatic rings. The molecule has 6 nitrogen and oxygen atoms in total. The van der Waals surface area contributed by atoms with Gasteiger partial charge in [-0.25, -0.2) is 13.6 Å². The lowest BCUT2D eigenvalue weighted by molar-refractivity contribution is -0.192. The van der Waals surface area contributed by atoms with E-state index in [9.17, 15) is 26.7 Å². The third kappa shape index (κ3) is 8.96. The maximum atomic E-state index is 12.7. The number of carboxylic acids is 1. The van der Waals surface area contributed by atoms with Gasteiger partial charge in [-0.05, 0) is 26.8 Å². The van der Waals surface area contributed by atoms with Gasteiger partial charge in [-0.15, -0.1) is 0 Å². The van der Waals surface area contributed by atoms with Crippen LogP contribution < -0.4 is 4.74 Å². The second kappa shape index (κ2) is 8.70. The summed E-state index contributed by atoms with van der Waals surface area (Å²) in [7, 11) is 0. The summed E-state index contributed by atoms with van der Waals surface area (Å²) in [5.74, 6) is -5.31. The van der Waals surface area contributed by atoms with Gasteiger partial charge >= 0.3 is 18.1 Å². The minimum Gasteiger partial charge on any atom is -0.490 e. The fraction of sp³-hybridized carbons (Fsp3) is 0.588. The summed E-state index contributed by atoms with van der Waals surface area (Å²) in [4.78, 5) is 24.7. The van der Waals surface area contributed by atoms with Crippen LogP contribution in [0.25, 0.3) is 0 Å². The zero-order valence-electron chi connectivity index (χ0n) is 15.3. The Morgan fingerprint density at radius 3 is 2.21 bits per heavy atom. The van der Waals surface area contributed by atoms with Crippen molar-refractivity contribution in [1.82, 2.24) is 4.98 Å². The molecular formula is C17H20F5NO5. The van der Waals surface area contributed by atoms with Crippen molar-refractivity contribution in [2.75, 3.05) is 0 Å². The number of carboxylic acid groups (broad SMARTS) is 1. The van der Waals surface area contributed by atoms with Gasteiger partial charge in [-0.1, -0.05) is 0 Å². The predicted octanol–water partition coefficient (Wildman–Crippen LogP) is 3.78. The van der Waals surface area contributed by atoms with E-state index < -0.39 is 29.8 Å². The summed E-state index contributed by atoms with van der Waals surface area (Å²) in [6.07, 6.45) is -4.58. The predicted molar refractivity (Wildman–Crippen MR) is 86.1 cm³/mol. The van der Waals surface area contributed by atoms with Gasteiger partial charge in [0, 0.05) is 25.1 Å². The number of alkyl halides is 5. The van der Waals surface area contributed by atoms with E-state index in [1.165, 1.54) is 6.20 Å². The Morgan fingerprint density at radius 2 is 1.79 bits per heavy atom. The number of nitrogens with zero attached hydrogens (tertiary/aromatic N) is 1. The summed E-state index contributed by atoms with van der Waals surface area (Å²) in [5.41, 5.74) is -0.0595. The Labute approximate surface area is 157 Å². The van der Waals surface area contributed by atoms with Crippen LogP contribution in [-0.4, -0.2) is 45.8 Å². The Bertz CT molecular complexity index is 692. The second-order valence-corrected chi connectivity index (χ2v) is 7.05. The average molecular weight is 413 g/mol. The maximum absolute atomic E-state index is 12.7. The Kier molecular flexibility index (Phi) is 7.32. The first-order valence-corrected chi connectivity index (χ1v) is 8.09. The molecular weight excluding hydrogens is 393 g/mol. The average Bonchev–Trinajstić information content (AvgIpc) is 2.43. The molecule has 0 atom stereocenters. The largest absolute Gasteiger partial charge is 0.490 e. The van der Waals surface area contributed by atoms with Gasteiger partial charge in [-0.3, -0.25) is 9.78 Å². The van der Waals surface area contributed by atoms with Gasteiger partial charge in [0.1, 0.15) is 17.5 Å². The number of rotatable bonds is 4. The molecule has 1 N–H and O–H groups in total. The molecule has 0 radical (unpaired) electrons. The number of carbonyl (C=O) groups excluding carboxylic acids is 1. The fourth-order valence-electron chi connectivity index (χ4n) is 2.03. The molecule has 2 rings (SSSR count). The van der Waals surface area contributed by atoms with E-state index >= 15 is 0 Å². The van der Waals surface area contributed by atoms with E-state index in [-0.39, 0.29) is 25.2 Å². The van der Waals surface area contributed by atoms with Crippen LogP contribution in [0.15, 0.2) is 18.3 Å². The highest BCUT2D eigenvalue weighted by molar-refractivity contribution is 5.73. The molecule has 0 saturated heterocycles. The van der Waals surface area contributed by atoms with Gasteiger partial charge in [0.25, 0.3) is 5.92 Å². The molecule has 0 spiro atoms. The van der Waals surface area contributed by atoms with Crippen molar-refractivity contribution in [3.63, 3.8) is 0 Å². The highest BCUT2D eigenvalue weighted by Gasteiger charge is 2.47. The number of hydrogen-bond donors (Lipinski definition) is 1. The molecule has 11 heteroatoms. The number of halogens is 5. The minimum atomic E-state index is -5.08. The monoisotopic (exact) mass is 413 g/mol. The SMILES string of the molecule is CC(C)(C)OC(=O)Cc1cc(OC2CC(F)(F)C2)ccn1.O=C(O)C(F)(F)F. The molecule has 1 fully saturated rings. The molecule has 1 aromatic rings. The summed E-state index contributed by atoms with van der Waals surface area (Å²) in [6.45, 7) is 5.36. The lowest BCUT2D eigenvalue weighted by atomic mass is 9.91. The van der Waals surface area contributed by atoms with E-state index in [4.69, 9.17) is 19.4 Å². The molecule has 28 heavy (non-hydrogen) atoms. The van der Waals surface area contributed by atoms with Crippen LogP contribution in [0.4, 0.5) is 22.0 Å². The summed E-state index contributed by atoms with van der Waals surface area (Å²) in [5, 5.41) is 7.12. The van der Waals surface area contributed by atoms with Gasteiger partial charge in [0.2, 0.25) is 0 Å².